The van der Waals surface area contributed by atoms with Crippen molar-refractivity contribution in [2.45, 2.75) is 32.4 Å². The Balaban J connectivity index is 1.69. The number of anilines is 1. The lowest BCUT2D eigenvalue weighted by Gasteiger charge is -2.44. The van der Waals surface area contributed by atoms with Gasteiger partial charge in [0.25, 0.3) is 5.91 Å². The predicted molar refractivity (Wildman–Crippen MR) is 120 cm³/mol. The Bertz CT molecular complexity index is 1090. The Morgan fingerprint density at radius 2 is 1.70 bits per heavy atom. The van der Waals surface area contributed by atoms with Crippen LogP contribution in [0.5, 0.6) is 0 Å². The Labute approximate surface area is 181 Å². The fourth-order valence-electron chi connectivity index (χ4n) is 3.93. The fraction of sp³-hybridized carbons (Fsp3) is 0.200. The van der Waals surface area contributed by atoms with Crippen molar-refractivity contribution >= 4 is 29.1 Å². The second-order valence-corrected chi connectivity index (χ2v) is 8.33. The van der Waals surface area contributed by atoms with Gasteiger partial charge in [-0.05, 0) is 55.3 Å². The van der Waals surface area contributed by atoms with E-state index in [1.165, 1.54) is 5.56 Å². The van der Waals surface area contributed by atoms with Gasteiger partial charge in [0, 0.05) is 29.2 Å². The minimum absolute atomic E-state index is 0.188. The highest BCUT2D eigenvalue weighted by atomic mass is 35.5. The number of hydrogen-bond donors (Lipinski definition) is 1. The summed E-state index contributed by atoms with van der Waals surface area (Å²) in [5.74, 6) is -0.381. The zero-order valence-corrected chi connectivity index (χ0v) is 17.7. The van der Waals surface area contributed by atoms with E-state index < -0.39 is 5.54 Å². The number of fused-ring (bicyclic) bond motifs is 1. The van der Waals surface area contributed by atoms with Crippen LogP contribution in [0.1, 0.15) is 34.0 Å². The molecule has 0 fully saturated rings. The first-order valence-corrected chi connectivity index (χ1v) is 10.3. The first-order chi connectivity index (χ1) is 14.4. The summed E-state index contributed by atoms with van der Waals surface area (Å²) in [4.78, 5) is 28.5. The van der Waals surface area contributed by atoms with Crippen molar-refractivity contribution < 1.29 is 9.59 Å². The molecule has 1 heterocycles. The van der Waals surface area contributed by atoms with E-state index in [1.807, 2.05) is 62.4 Å². The first kappa shape index (κ1) is 20.2. The van der Waals surface area contributed by atoms with Crippen molar-refractivity contribution in [3.8, 4) is 0 Å². The Hall–Kier alpha value is -3.11. The van der Waals surface area contributed by atoms with Crippen LogP contribution in [0.3, 0.4) is 0 Å². The van der Waals surface area contributed by atoms with E-state index in [-0.39, 0.29) is 11.8 Å². The Morgan fingerprint density at radius 1 is 1.03 bits per heavy atom. The van der Waals surface area contributed by atoms with Gasteiger partial charge in [0.15, 0.2) is 0 Å². The van der Waals surface area contributed by atoms with Gasteiger partial charge in [-0.3, -0.25) is 14.5 Å². The number of amides is 2. The second-order valence-electron chi connectivity index (χ2n) is 7.89. The summed E-state index contributed by atoms with van der Waals surface area (Å²) in [5.41, 5.74) is 3.26. The molecule has 0 saturated carbocycles. The second kappa shape index (κ2) is 7.96. The molecule has 1 aliphatic heterocycles. The van der Waals surface area contributed by atoms with E-state index in [2.05, 4.69) is 5.32 Å². The molecule has 0 aliphatic carbocycles. The number of nitrogens with one attached hydrogen (secondary N) is 1. The summed E-state index contributed by atoms with van der Waals surface area (Å²) in [6.45, 7) is 4.25. The fourth-order valence-corrected chi connectivity index (χ4v) is 4.06. The average molecular weight is 419 g/mol. The number of benzene rings is 3. The standard InChI is InChI=1S/C25H23ClN2O2/c1-17-7-9-18(10-8-17)16-27-24(30)25(2)15-19-5-3-4-6-22(19)23(29)28(25)21-13-11-20(26)12-14-21/h3-14H,15-16H2,1-2H3,(H,27,30)/t25-/m0/s1. The van der Waals surface area contributed by atoms with Gasteiger partial charge in [-0.25, -0.2) is 0 Å². The molecule has 0 aromatic heterocycles. The molecule has 2 amide bonds. The van der Waals surface area contributed by atoms with Crippen LogP contribution < -0.4 is 10.2 Å². The van der Waals surface area contributed by atoms with E-state index in [9.17, 15) is 9.59 Å². The van der Waals surface area contributed by atoms with Crippen LogP contribution in [0, 0.1) is 6.92 Å². The highest BCUT2D eigenvalue weighted by Crippen LogP contribution is 2.36. The molecule has 0 saturated heterocycles. The predicted octanol–water partition coefficient (Wildman–Crippen LogP) is 4.93. The molecule has 4 nitrogen and oxygen atoms in total. The number of carbonyl (C=O) groups is 2. The van der Waals surface area contributed by atoms with Gasteiger partial charge in [0.2, 0.25) is 5.91 Å². The summed E-state index contributed by atoms with van der Waals surface area (Å²) >= 11 is 6.05. The van der Waals surface area contributed by atoms with Crippen LogP contribution in [0.4, 0.5) is 5.69 Å². The van der Waals surface area contributed by atoms with Crippen molar-refractivity contribution in [1.82, 2.24) is 5.32 Å². The summed E-state index contributed by atoms with van der Waals surface area (Å²) in [6, 6.07) is 22.5. The lowest BCUT2D eigenvalue weighted by molar-refractivity contribution is -0.126. The highest BCUT2D eigenvalue weighted by Gasteiger charge is 2.47. The molecule has 3 aromatic carbocycles. The van der Waals surface area contributed by atoms with Crippen LogP contribution >= 0.6 is 11.6 Å². The van der Waals surface area contributed by atoms with Gasteiger partial charge in [-0.1, -0.05) is 59.6 Å². The van der Waals surface area contributed by atoms with Crippen molar-refractivity contribution in [2.75, 3.05) is 4.90 Å². The largest absolute Gasteiger partial charge is 0.350 e. The third-order valence-corrected chi connectivity index (χ3v) is 5.88. The molecule has 1 aliphatic rings. The van der Waals surface area contributed by atoms with Crippen LogP contribution in [0.25, 0.3) is 0 Å². The van der Waals surface area contributed by atoms with Gasteiger partial charge in [0.05, 0.1) is 0 Å². The van der Waals surface area contributed by atoms with Crippen molar-refractivity contribution in [2.24, 2.45) is 0 Å². The third kappa shape index (κ3) is 3.71. The number of halogens is 1. The zero-order chi connectivity index (χ0) is 21.3. The number of rotatable bonds is 4. The average Bonchev–Trinajstić information content (AvgIpc) is 2.74. The van der Waals surface area contributed by atoms with Crippen LogP contribution in [-0.4, -0.2) is 17.4 Å². The molecule has 5 heteroatoms. The normalized spacial score (nSPS) is 18.1. The molecule has 1 atom stereocenters. The summed E-state index contributed by atoms with van der Waals surface area (Å²) in [7, 11) is 0. The minimum Gasteiger partial charge on any atom is -0.350 e. The van der Waals surface area contributed by atoms with Gasteiger partial charge >= 0.3 is 0 Å². The van der Waals surface area contributed by atoms with E-state index in [0.29, 0.717) is 29.2 Å². The van der Waals surface area contributed by atoms with Gasteiger partial charge in [-0.2, -0.15) is 0 Å². The molecule has 0 unspecified atom stereocenters. The number of aryl methyl sites for hydroxylation is 1. The molecule has 4 rings (SSSR count). The Morgan fingerprint density at radius 3 is 2.40 bits per heavy atom. The van der Waals surface area contributed by atoms with Gasteiger partial charge in [0.1, 0.15) is 5.54 Å². The molecule has 1 N–H and O–H groups in total. The van der Waals surface area contributed by atoms with Crippen LogP contribution in [0.15, 0.2) is 72.8 Å². The lowest BCUT2D eigenvalue weighted by Crippen LogP contribution is -2.63. The maximum absolute atomic E-state index is 13.4. The highest BCUT2D eigenvalue weighted by molar-refractivity contribution is 6.30. The quantitative estimate of drug-likeness (QED) is 0.653. The first-order valence-electron chi connectivity index (χ1n) is 9.90. The van der Waals surface area contributed by atoms with E-state index in [1.54, 1.807) is 29.2 Å². The van der Waals surface area contributed by atoms with Gasteiger partial charge in [-0.15, -0.1) is 0 Å². The maximum atomic E-state index is 13.4. The maximum Gasteiger partial charge on any atom is 0.259 e. The molecule has 0 spiro atoms. The summed E-state index contributed by atoms with van der Waals surface area (Å²) < 4.78 is 0. The minimum atomic E-state index is -1.07. The molecule has 152 valence electrons. The van der Waals surface area contributed by atoms with E-state index in [0.717, 1.165) is 11.1 Å². The smallest absolute Gasteiger partial charge is 0.259 e. The zero-order valence-electron chi connectivity index (χ0n) is 17.0. The van der Waals surface area contributed by atoms with Crippen molar-refractivity contribution in [3.05, 3.63) is 100 Å². The SMILES string of the molecule is Cc1ccc(CNC(=O)[C@]2(C)Cc3ccccc3C(=O)N2c2ccc(Cl)cc2)cc1. The lowest BCUT2D eigenvalue weighted by atomic mass is 9.82. The van der Waals surface area contributed by atoms with Crippen LogP contribution in [0.2, 0.25) is 5.02 Å². The summed E-state index contributed by atoms with van der Waals surface area (Å²) in [5, 5.41) is 3.61. The molecule has 3 aromatic rings. The third-order valence-electron chi connectivity index (χ3n) is 5.63. The number of hydrogen-bond acceptors (Lipinski definition) is 2. The Kier molecular flexibility index (Phi) is 5.35. The monoisotopic (exact) mass is 418 g/mol. The molecule has 30 heavy (non-hydrogen) atoms. The molecular weight excluding hydrogens is 396 g/mol. The topological polar surface area (TPSA) is 49.4 Å². The molecule has 0 bridgehead atoms. The molecular formula is C25H23ClN2O2. The van der Waals surface area contributed by atoms with Gasteiger partial charge < -0.3 is 5.32 Å². The molecule has 0 radical (unpaired) electrons. The van der Waals surface area contributed by atoms with E-state index in [4.69, 9.17) is 11.6 Å². The number of nitrogens with zero attached hydrogens (tertiary/aromatic N) is 1. The number of carbonyl (C=O) groups excluding carboxylic acids is 2. The van der Waals surface area contributed by atoms with E-state index >= 15 is 0 Å². The summed E-state index contributed by atoms with van der Waals surface area (Å²) in [6.07, 6.45) is 0.428. The van der Waals surface area contributed by atoms with Crippen molar-refractivity contribution in [3.63, 3.8) is 0 Å². The van der Waals surface area contributed by atoms with Crippen LogP contribution in [-0.2, 0) is 17.8 Å². The van der Waals surface area contributed by atoms with Crippen molar-refractivity contribution in [1.29, 1.82) is 0 Å².